The van der Waals surface area contributed by atoms with E-state index >= 15 is 0 Å². The molecule has 0 fully saturated rings. The molecule has 0 aliphatic carbocycles. The number of nitrogens with one attached hydrogen (secondary N) is 1. The Labute approximate surface area is 88.7 Å². The molecule has 1 aromatic heterocycles. The predicted octanol–water partition coefficient (Wildman–Crippen LogP) is 1.53. The van der Waals surface area contributed by atoms with Crippen molar-refractivity contribution < 1.29 is 4.92 Å². The van der Waals surface area contributed by atoms with Gasteiger partial charge in [0.05, 0.1) is 4.92 Å². The van der Waals surface area contributed by atoms with Gasteiger partial charge in [-0.15, -0.1) is 0 Å². The molecule has 1 aromatic rings. The zero-order chi connectivity index (χ0) is 11.3. The van der Waals surface area contributed by atoms with Crippen molar-refractivity contribution in [3.05, 3.63) is 34.1 Å². The van der Waals surface area contributed by atoms with Crippen LogP contribution in [0.1, 0.15) is 19.5 Å². The first-order chi connectivity index (χ1) is 7.15. The van der Waals surface area contributed by atoms with Gasteiger partial charge in [-0.2, -0.15) is 0 Å². The van der Waals surface area contributed by atoms with E-state index in [4.69, 9.17) is 0 Å². The van der Waals surface area contributed by atoms with Crippen LogP contribution in [0.3, 0.4) is 0 Å². The van der Waals surface area contributed by atoms with E-state index in [1.54, 1.807) is 12.3 Å². The lowest BCUT2D eigenvalue weighted by molar-refractivity contribution is -0.386. The fourth-order valence-electron chi connectivity index (χ4n) is 1.46. The monoisotopic (exact) mass is 209 g/mol. The second-order valence-electron chi connectivity index (χ2n) is 3.39. The molecule has 0 amide bonds. The highest BCUT2D eigenvalue weighted by Gasteiger charge is 2.15. The number of nitro groups is 1. The summed E-state index contributed by atoms with van der Waals surface area (Å²) in [5.41, 5.74) is 0.637. The number of likely N-dealkylation sites (N-methyl/N-ethyl adjacent to an activating group) is 1. The number of nitrogens with zero attached hydrogens (tertiary/aromatic N) is 2. The van der Waals surface area contributed by atoms with E-state index in [1.165, 1.54) is 6.07 Å². The first kappa shape index (κ1) is 11.6. The van der Waals surface area contributed by atoms with E-state index in [0.29, 0.717) is 12.1 Å². The van der Waals surface area contributed by atoms with Crippen LogP contribution in [0.5, 0.6) is 0 Å². The second kappa shape index (κ2) is 5.41. The highest BCUT2D eigenvalue weighted by atomic mass is 16.6. The summed E-state index contributed by atoms with van der Waals surface area (Å²) in [5, 5.41) is 13.9. The molecule has 0 radical (unpaired) electrons. The fraction of sp³-hybridized carbons (Fsp3) is 0.500. The van der Waals surface area contributed by atoms with Gasteiger partial charge >= 0.3 is 0 Å². The lowest BCUT2D eigenvalue weighted by atomic mass is 10.1. The van der Waals surface area contributed by atoms with Crippen LogP contribution in [0.4, 0.5) is 5.69 Å². The smallest absolute Gasteiger partial charge is 0.290 e. The summed E-state index contributed by atoms with van der Waals surface area (Å²) >= 11 is 0. The Morgan fingerprint density at radius 3 is 3.00 bits per heavy atom. The van der Waals surface area contributed by atoms with Crippen LogP contribution in [0.15, 0.2) is 18.3 Å². The first-order valence-electron chi connectivity index (χ1n) is 4.96. The Kier molecular flexibility index (Phi) is 4.17. The van der Waals surface area contributed by atoms with Crippen LogP contribution >= 0.6 is 0 Å². The van der Waals surface area contributed by atoms with E-state index in [0.717, 1.165) is 6.54 Å². The number of rotatable bonds is 5. The van der Waals surface area contributed by atoms with E-state index in [9.17, 15) is 10.1 Å². The molecule has 0 spiro atoms. The molecule has 0 aromatic carbocycles. The van der Waals surface area contributed by atoms with E-state index in [2.05, 4.69) is 10.3 Å². The zero-order valence-electron chi connectivity index (χ0n) is 8.93. The van der Waals surface area contributed by atoms with Gasteiger partial charge < -0.3 is 5.32 Å². The van der Waals surface area contributed by atoms with Gasteiger partial charge in [-0.05, 0) is 19.5 Å². The summed E-state index contributed by atoms with van der Waals surface area (Å²) in [5.74, 6) is 0. The van der Waals surface area contributed by atoms with E-state index < -0.39 is 0 Å². The van der Waals surface area contributed by atoms with Gasteiger partial charge in [-0.3, -0.25) is 15.1 Å². The number of aromatic nitrogens is 1. The third kappa shape index (κ3) is 3.28. The van der Waals surface area contributed by atoms with Crippen LogP contribution in [0.25, 0.3) is 0 Å². The summed E-state index contributed by atoms with van der Waals surface area (Å²) in [6.07, 6.45) is 2.16. The Morgan fingerprint density at radius 2 is 2.40 bits per heavy atom. The number of hydrogen-bond acceptors (Lipinski definition) is 4. The van der Waals surface area contributed by atoms with Crippen molar-refractivity contribution in [2.45, 2.75) is 26.3 Å². The molecule has 1 unspecified atom stereocenters. The van der Waals surface area contributed by atoms with E-state index in [1.807, 2.05) is 13.8 Å². The van der Waals surface area contributed by atoms with Crippen LogP contribution in [-0.4, -0.2) is 22.5 Å². The van der Waals surface area contributed by atoms with Crippen molar-refractivity contribution in [3.8, 4) is 0 Å². The summed E-state index contributed by atoms with van der Waals surface area (Å²) in [7, 11) is 0. The molecular formula is C10H15N3O2. The third-order valence-corrected chi connectivity index (χ3v) is 2.12. The molecular weight excluding hydrogens is 194 g/mol. The molecule has 0 saturated carbocycles. The van der Waals surface area contributed by atoms with Gasteiger partial charge in [0.1, 0.15) is 5.69 Å². The van der Waals surface area contributed by atoms with Crippen molar-refractivity contribution >= 4 is 5.69 Å². The van der Waals surface area contributed by atoms with Crippen LogP contribution in [0, 0.1) is 10.1 Å². The summed E-state index contributed by atoms with van der Waals surface area (Å²) < 4.78 is 0. The van der Waals surface area contributed by atoms with E-state index in [-0.39, 0.29) is 16.7 Å². The maximum Gasteiger partial charge on any atom is 0.290 e. The average Bonchev–Trinajstić information content (AvgIpc) is 2.18. The lowest BCUT2D eigenvalue weighted by Crippen LogP contribution is -2.28. The number of hydrogen-bond donors (Lipinski definition) is 1. The fourth-order valence-corrected chi connectivity index (χ4v) is 1.46. The maximum absolute atomic E-state index is 10.7. The quantitative estimate of drug-likeness (QED) is 0.589. The standard InChI is InChI=1S/C10H15N3O2/c1-3-11-8(2)7-9-10(13(14)15)5-4-6-12-9/h4-6,8,11H,3,7H2,1-2H3. The molecule has 0 bridgehead atoms. The van der Waals surface area contributed by atoms with Gasteiger partial charge in [0.15, 0.2) is 0 Å². The van der Waals surface area contributed by atoms with Crippen LogP contribution in [-0.2, 0) is 6.42 Å². The molecule has 82 valence electrons. The van der Waals surface area contributed by atoms with Crippen molar-refractivity contribution in [1.29, 1.82) is 0 Å². The molecule has 5 heteroatoms. The first-order valence-corrected chi connectivity index (χ1v) is 4.96. The normalized spacial score (nSPS) is 12.4. The molecule has 1 atom stereocenters. The van der Waals surface area contributed by atoms with Gasteiger partial charge in [0, 0.05) is 24.7 Å². The minimum Gasteiger partial charge on any atom is -0.314 e. The molecule has 1 rings (SSSR count). The zero-order valence-corrected chi connectivity index (χ0v) is 8.93. The topological polar surface area (TPSA) is 68.1 Å². The van der Waals surface area contributed by atoms with Crippen molar-refractivity contribution in [2.75, 3.05) is 6.54 Å². The molecule has 1 heterocycles. The Bertz CT molecular complexity index is 341. The van der Waals surface area contributed by atoms with Crippen molar-refractivity contribution in [3.63, 3.8) is 0 Å². The average molecular weight is 209 g/mol. The third-order valence-electron chi connectivity index (χ3n) is 2.12. The minimum atomic E-state index is -0.388. The molecule has 0 saturated heterocycles. The van der Waals surface area contributed by atoms with Crippen molar-refractivity contribution in [2.24, 2.45) is 0 Å². The molecule has 5 nitrogen and oxygen atoms in total. The summed E-state index contributed by atoms with van der Waals surface area (Å²) in [4.78, 5) is 14.4. The Balaban J connectivity index is 2.79. The van der Waals surface area contributed by atoms with Gasteiger partial charge in [0.2, 0.25) is 0 Å². The SMILES string of the molecule is CCNC(C)Cc1ncccc1[N+](=O)[O-]. The molecule has 15 heavy (non-hydrogen) atoms. The van der Waals surface area contributed by atoms with Gasteiger partial charge in [-0.25, -0.2) is 0 Å². The van der Waals surface area contributed by atoms with Crippen molar-refractivity contribution in [1.82, 2.24) is 10.3 Å². The van der Waals surface area contributed by atoms with Crippen LogP contribution < -0.4 is 5.32 Å². The second-order valence-corrected chi connectivity index (χ2v) is 3.39. The summed E-state index contributed by atoms with van der Waals surface area (Å²) in [6.45, 7) is 4.84. The predicted molar refractivity (Wildman–Crippen MR) is 57.7 cm³/mol. The highest BCUT2D eigenvalue weighted by Crippen LogP contribution is 2.16. The van der Waals surface area contributed by atoms with Crippen LogP contribution in [0.2, 0.25) is 0 Å². The van der Waals surface area contributed by atoms with Gasteiger partial charge in [0.25, 0.3) is 5.69 Å². The Hall–Kier alpha value is -1.49. The lowest BCUT2D eigenvalue weighted by Gasteiger charge is -2.11. The highest BCUT2D eigenvalue weighted by molar-refractivity contribution is 5.34. The molecule has 1 N–H and O–H groups in total. The molecule has 0 aliphatic rings. The number of pyridine rings is 1. The summed E-state index contributed by atoms with van der Waals surface area (Å²) in [6, 6.07) is 3.27. The molecule has 0 aliphatic heterocycles. The van der Waals surface area contributed by atoms with Gasteiger partial charge in [-0.1, -0.05) is 6.92 Å². The largest absolute Gasteiger partial charge is 0.314 e. The Morgan fingerprint density at radius 1 is 1.67 bits per heavy atom. The minimum absolute atomic E-state index is 0.0993. The maximum atomic E-state index is 10.7.